The molecule has 0 aromatic carbocycles. The van der Waals surface area contributed by atoms with Crippen molar-refractivity contribution in [1.29, 1.82) is 0 Å². The van der Waals surface area contributed by atoms with Gasteiger partial charge < -0.3 is 10.1 Å². The molecule has 0 aliphatic carbocycles. The van der Waals surface area contributed by atoms with Gasteiger partial charge in [-0.1, -0.05) is 20.8 Å². The van der Waals surface area contributed by atoms with Crippen molar-refractivity contribution < 1.29 is 4.74 Å². The second-order valence-corrected chi connectivity index (χ2v) is 5.17. The summed E-state index contributed by atoms with van der Waals surface area (Å²) in [7, 11) is 0. The highest BCUT2D eigenvalue weighted by molar-refractivity contribution is 5.51. The maximum Gasteiger partial charge on any atom is 0.228 e. The van der Waals surface area contributed by atoms with Crippen LogP contribution in [0.3, 0.4) is 0 Å². The molecule has 6 nitrogen and oxygen atoms in total. The summed E-state index contributed by atoms with van der Waals surface area (Å²) in [6.45, 7) is 10.1. The van der Waals surface area contributed by atoms with Gasteiger partial charge in [0, 0.05) is 13.1 Å². The molecule has 0 bridgehead atoms. The molecule has 0 unspecified atom stereocenters. The van der Waals surface area contributed by atoms with E-state index in [1.807, 2.05) is 17.8 Å². The van der Waals surface area contributed by atoms with E-state index in [9.17, 15) is 0 Å². The predicted octanol–water partition coefficient (Wildman–Crippen LogP) is 3.43. The largest absolute Gasteiger partial charge is 0.435 e. The summed E-state index contributed by atoms with van der Waals surface area (Å²) in [5.74, 6) is 2.39. The number of nitrogens with one attached hydrogen (secondary N) is 1. The van der Waals surface area contributed by atoms with Crippen LogP contribution in [0.5, 0.6) is 11.6 Å². The average Bonchev–Trinajstić information content (AvgIpc) is 2.87. The molecule has 0 spiro atoms. The standard InChI is InChI=1S/C15H23N5O/c1-5-7-20-9-12(8-19-20)21-15-13(11(3)4)14(16-6-2)17-10-18-15/h8-11H,5-7H2,1-4H3,(H,16,17,18). The van der Waals surface area contributed by atoms with Gasteiger partial charge in [-0.25, -0.2) is 9.97 Å². The van der Waals surface area contributed by atoms with Crippen molar-refractivity contribution >= 4 is 5.82 Å². The van der Waals surface area contributed by atoms with Crippen LogP contribution < -0.4 is 10.1 Å². The minimum Gasteiger partial charge on any atom is -0.435 e. The van der Waals surface area contributed by atoms with Crippen molar-refractivity contribution in [2.75, 3.05) is 11.9 Å². The number of aryl methyl sites for hydroxylation is 1. The molecule has 2 rings (SSSR count). The van der Waals surface area contributed by atoms with Gasteiger partial charge in [0.2, 0.25) is 5.88 Å². The van der Waals surface area contributed by atoms with E-state index in [2.05, 4.69) is 41.2 Å². The van der Waals surface area contributed by atoms with E-state index in [1.54, 1.807) is 6.20 Å². The van der Waals surface area contributed by atoms with Crippen molar-refractivity contribution in [3.63, 3.8) is 0 Å². The van der Waals surface area contributed by atoms with Crippen LogP contribution in [0.1, 0.15) is 45.6 Å². The van der Waals surface area contributed by atoms with E-state index in [1.165, 1.54) is 6.33 Å². The van der Waals surface area contributed by atoms with Crippen molar-refractivity contribution in [1.82, 2.24) is 19.7 Å². The highest BCUT2D eigenvalue weighted by atomic mass is 16.5. The fourth-order valence-electron chi connectivity index (χ4n) is 2.15. The average molecular weight is 289 g/mol. The van der Waals surface area contributed by atoms with Crippen molar-refractivity contribution in [3.8, 4) is 11.6 Å². The van der Waals surface area contributed by atoms with Gasteiger partial charge >= 0.3 is 0 Å². The summed E-state index contributed by atoms with van der Waals surface area (Å²) < 4.78 is 7.78. The predicted molar refractivity (Wildman–Crippen MR) is 82.9 cm³/mol. The van der Waals surface area contributed by atoms with Gasteiger partial charge in [-0.15, -0.1) is 0 Å². The highest BCUT2D eigenvalue weighted by Gasteiger charge is 2.17. The minimum atomic E-state index is 0.265. The summed E-state index contributed by atoms with van der Waals surface area (Å²) in [6, 6.07) is 0. The normalized spacial score (nSPS) is 10.9. The Hall–Kier alpha value is -2.11. The third-order valence-corrected chi connectivity index (χ3v) is 3.05. The quantitative estimate of drug-likeness (QED) is 0.846. The monoisotopic (exact) mass is 289 g/mol. The lowest BCUT2D eigenvalue weighted by Crippen LogP contribution is -2.07. The number of nitrogens with zero attached hydrogens (tertiary/aromatic N) is 4. The van der Waals surface area contributed by atoms with Crippen molar-refractivity contribution in [2.24, 2.45) is 0 Å². The molecule has 6 heteroatoms. The molecule has 1 N–H and O–H groups in total. The molecule has 0 amide bonds. The molecule has 21 heavy (non-hydrogen) atoms. The summed E-state index contributed by atoms with van der Waals surface area (Å²) in [4.78, 5) is 8.59. The van der Waals surface area contributed by atoms with Crippen molar-refractivity contribution in [3.05, 3.63) is 24.3 Å². The molecular formula is C15H23N5O. The first-order valence-corrected chi connectivity index (χ1v) is 7.44. The fourth-order valence-corrected chi connectivity index (χ4v) is 2.15. The Morgan fingerprint density at radius 3 is 2.76 bits per heavy atom. The highest BCUT2D eigenvalue weighted by Crippen LogP contribution is 2.32. The van der Waals surface area contributed by atoms with E-state index in [-0.39, 0.29) is 5.92 Å². The molecule has 2 aromatic rings. The van der Waals surface area contributed by atoms with E-state index in [0.29, 0.717) is 11.6 Å². The SMILES string of the molecule is CCCn1cc(Oc2ncnc(NCC)c2C(C)C)cn1. The molecule has 0 aliphatic rings. The first-order valence-electron chi connectivity index (χ1n) is 7.44. The number of rotatable bonds is 7. The van der Waals surface area contributed by atoms with Crippen LogP contribution in [0, 0.1) is 0 Å². The molecule has 0 atom stereocenters. The van der Waals surface area contributed by atoms with Crippen LogP contribution in [0.15, 0.2) is 18.7 Å². The number of hydrogen-bond acceptors (Lipinski definition) is 5. The first-order chi connectivity index (χ1) is 10.2. The Balaban J connectivity index is 2.27. The Morgan fingerprint density at radius 2 is 2.10 bits per heavy atom. The molecule has 0 radical (unpaired) electrons. The van der Waals surface area contributed by atoms with Crippen LogP contribution in [-0.2, 0) is 6.54 Å². The molecule has 0 saturated heterocycles. The lowest BCUT2D eigenvalue weighted by Gasteiger charge is -2.15. The van der Waals surface area contributed by atoms with Gasteiger partial charge in [-0.05, 0) is 19.3 Å². The number of anilines is 1. The molecule has 0 saturated carbocycles. The zero-order valence-corrected chi connectivity index (χ0v) is 13.1. The number of ether oxygens (including phenoxy) is 1. The third kappa shape index (κ3) is 3.71. The summed E-state index contributed by atoms with van der Waals surface area (Å²) in [5, 5.41) is 7.53. The number of hydrogen-bond donors (Lipinski definition) is 1. The van der Waals surface area contributed by atoms with Crippen LogP contribution in [0.2, 0.25) is 0 Å². The van der Waals surface area contributed by atoms with Crippen LogP contribution in [0.25, 0.3) is 0 Å². The van der Waals surface area contributed by atoms with Gasteiger partial charge in [-0.2, -0.15) is 5.10 Å². The van der Waals surface area contributed by atoms with Gasteiger partial charge in [0.25, 0.3) is 0 Å². The van der Waals surface area contributed by atoms with Gasteiger partial charge in [-0.3, -0.25) is 4.68 Å². The summed E-state index contributed by atoms with van der Waals surface area (Å²) in [6.07, 6.45) is 6.17. The van der Waals surface area contributed by atoms with E-state index >= 15 is 0 Å². The maximum absolute atomic E-state index is 5.91. The van der Waals surface area contributed by atoms with Crippen molar-refractivity contribution in [2.45, 2.75) is 46.6 Å². The first kappa shape index (κ1) is 15.3. The Bertz CT molecular complexity index is 579. The van der Waals surface area contributed by atoms with Crippen LogP contribution >= 0.6 is 0 Å². The maximum atomic E-state index is 5.91. The molecule has 0 fully saturated rings. The van der Waals surface area contributed by atoms with E-state index in [4.69, 9.17) is 4.74 Å². The topological polar surface area (TPSA) is 64.9 Å². The zero-order chi connectivity index (χ0) is 15.2. The Morgan fingerprint density at radius 1 is 1.29 bits per heavy atom. The molecule has 2 heterocycles. The van der Waals surface area contributed by atoms with Crippen LogP contribution in [-0.4, -0.2) is 26.3 Å². The summed E-state index contributed by atoms with van der Waals surface area (Å²) >= 11 is 0. The molecular weight excluding hydrogens is 266 g/mol. The lowest BCUT2D eigenvalue weighted by molar-refractivity contribution is 0.450. The Kier molecular flexibility index (Phi) is 5.14. The Labute approximate surface area is 125 Å². The third-order valence-electron chi connectivity index (χ3n) is 3.05. The fraction of sp³-hybridized carbons (Fsp3) is 0.533. The smallest absolute Gasteiger partial charge is 0.228 e. The second kappa shape index (κ2) is 7.06. The van der Waals surface area contributed by atoms with Gasteiger partial charge in [0.1, 0.15) is 12.1 Å². The molecule has 114 valence electrons. The van der Waals surface area contributed by atoms with E-state index < -0.39 is 0 Å². The zero-order valence-electron chi connectivity index (χ0n) is 13.1. The molecule has 0 aliphatic heterocycles. The van der Waals surface area contributed by atoms with Crippen LogP contribution in [0.4, 0.5) is 5.82 Å². The summed E-state index contributed by atoms with van der Waals surface area (Å²) in [5.41, 5.74) is 0.989. The molecule has 2 aromatic heterocycles. The van der Waals surface area contributed by atoms with Gasteiger partial charge in [0.05, 0.1) is 18.0 Å². The minimum absolute atomic E-state index is 0.265. The number of aromatic nitrogens is 4. The second-order valence-electron chi connectivity index (χ2n) is 5.17. The lowest BCUT2D eigenvalue weighted by atomic mass is 10.1. The van der Waals surface area contributed by atoms with Gasteiger partial charge in [0.15, 0.2) is 5.75 Å². The van der Waals surface area contributed by atoms with E-state index in [0.717, 1.165) is 30.9 Å².